The minimum atomic E-state index is 0.0690. The third-order valence-corrected chi connectivity index (χ3v) is 6.49. The van der Waals surface area contributed by atoms with Gasteiger partial charge in [0.2, 0.25) is 0 Å². The highest BCUT2D eigenvalue weighted by molar-refractivity contribution is 7.18. The van der Waals surface area contributed by atoms with E-state index in [1.807, 2.05) is 18.2 Å². The first-order valence-electron chi connectivity index (χ1n) is 9.29. The maximum absolute atomic E-state index is 12.7. The molecule has 3 aromatic rings. The summed E-state index contributed by atoms with van der Waals surface area (Å²) in [5.74, 6) is 0. The van der Waals surface area contributed by atoms with Crippen molar-refractivity contribution in [1.82, 2.24) is 19.4 Å². The minimum Gasteiger partial charge on any atom is -0.297 e. The molecule has 1 aromatic carbocycles. The monoisotopic (exact) mass is 402 g/mol. The molecule has 1 fully saturated rings. The number of nitrogens with zero attached hydrogens (tertiary/aromatic N) is 4. The molecular weight excluding hydrogens is 380 g/mol. The Labute approximate surface area is 167 Å². The Morgan fingerprint density at radius 1 is 1.11 bits per heavy atom. The molecule has 2 aromatic heterocycles. The Hall–Kier alpha value is -1.73. The Bertz CT molecular complexity index is 974. The molecule has 1 aliphatic rings. The normalized spacial score (nSPS) is 16.2. The lowest BCUT2D eigenvalue weighted by atomic mass is 10.2. The summed E-state index contributed by atoms with van der Waals surface area (Å²) in [7, 11) is 0. The van der Waals surface area contributed by atoms with E-state index in [1.54, 1.807) is 22.2 Å². The zero-order valence-corrected chi connectivity index (χ0v) is 17.0. The van der Waals surface area contributed by atoms with Crippen LogP contribution in [0.1, 0.15) is 17.4 Å². The van der Waals surface area contributed by atoms with Crippen molar-refractivity contribution >= 4 is 33.2 Å². The molecule has 3 heterocycles. The molecule has 1 aliphatic heterocycles. The van der Waals surface area contributed by atoms with Crippen LogP contribution in [0.25, 0.3) is 10.2 Å². The van der Waals surface area contributed by atoms with Crippen molar-refractivity contribution in [3.8, 4) is 0 Å². The molecule has 0 spiro atoms. The zero-order valence-electron chi connectivity index (χ0n) is 15.4. The van der Waals surface area contributed by atoms with Crippen LogP contribution in [0.2, 0.25) is 5.02 Å². The predicted octanol–water partition coefficient (Wildman–Crippen LogP) is 3.45. The van der Waals surface area contributed by atoms with Crippen molar-refractivity contribution in [3.05, 3.63) is 62.5 Å². The van der Waals surface area contributed by atoms with E-state index in [4.69, 9.17) is 11.6 Å². The average Bonchev–Trinajstić information content (AvgIpc) is 3.12. The lowest BCUT2D eigenvalue weighted by molar-refractivity contribution is 0.102. The summed E-state index contributed by atoms with van der Waals surface area (Å²) in [5, 5.41) is 1.52. The Morgan fingerprint density at radius 3 is 2.52 bits per heavy atom. The van der Waals surface area contributed by atoms with E-state index in [0.29, 0.717) is 6.67 Å². The Balaban J connectivity index is 1.37. The number of fused-ring (bicyclic) bond motifs is 1. The molecule has 7 heteroatoms. The molecule has 0 bridgehead atoms. The van der Waals surface area contributed by atoms with Gasteiger partial charge in [0.05, 0.1) is 12.1 Å². The first kappa shape index (κ1) is 18.6. The first-order chi connectivity index (χ1) is 13.1. The van der Waals surface area contributed by atoms with Gasteiger partial charge in [-0.25, -0.2) is 4.98 Å². The fourth-order valence-corrected chi connectivity index (χ4v) is 4.49. The van der Waals surface area contributed by atoms with Gasteiger partial charge in [-0.3, -0.25) is 19.2 Å². The Kier molecular flexibility index (Phi) is 5.59. The molecule has 0 N–H and O–H groups in total. The quantitative estimate of drug-likeness (QED) is 0.655. The molecular formula is C20H23ClN4OS. The molecule has 142 valence electrons. The number of halogens is 1. The molecule has 0 atom stereocenters. The number of thiophene rings is 1. The molecule has 0 unspecified atom stereocenters. The van der Waals surface area contributed by atoms with Crippen LogP contribution in [0.5, 0.6) is 0 Å². The number of rotatable bonds is 5. The van der Waals surface area contributed by atoms with Gasteiger partial charge in [0.15, 0.2) is 0 Å². The van der Waals surface area contributed by atoms with Gasteiger partial charge in [0.1, 0.15) is 11.2 Å². The minimum absolute atomic E-state index is 0.0690. The summed E-state index contributed by atoms with van der Waals surface area (Å²) in [6.45, 7) is 7.52. The van der Waals surface area contributed by atoms with Gasteiger partial charge < -0.3 is 0 Å². The predicted molar refractivity (Wildman–Crippen MR) is 112 cm³/mol. The van der Waals surface area contributed by atoms with Crippen molar-refractivity contribution in [3.63, 3.8) is 0 Å². The van der Waals surface area contributed by atoms with Crippen LogP contribution in [0.3, 0.4) is 0 Å². The molecule has 0 radical (unpaired) electrons. The van der Waals surface area contributed by atoms with Crippen molar-refractivity contribution in [2.24, 2.45) is 0 Å². The molecule has 0 amide bonds. The molecule has 5 nitrogen and oxygen atoms in total. The summed E-state index contributed by atoms with van der Waals surface area (Å²) in [6, 6.07) is 10.0. The van der Waals surface area contributed by atoms with Crippen molar-refractivity contribution in [2.45, 2.75) is 26.6 Å². The van der Waals surface area contributed by atoms with Crippen LogP contribution in [-0.4, -0.2) is 45.5 Å². The second kappa shape index (κ2) is 8.10. The maximum atomic E-state index is 12.7. The van der Waals surface area contributed by atoms with Gasteiger partial charge in [-0.2, -0.15) is 0 Å². The lowest BCUT2D eigenvalue weighted by Crippen LogP contribution is -2.47. The van der Waals surface area contributed by atoms with Gasteiger partial charge in [0.25, 0.3) is 5.56 Å². The number of aromatic nitrogens is 2. The highest BCUT2D eigenvalue weighted by Crippen LogP contribution is 2.21. The highest BCUT2D eigenvalue weighted by atomic mass is 35.5. The summed E-state index contributed by atoms with van der Waals surface area (Å²) in [6.07, 6.45) is 2.64. The van der Waals surface area contributed by atoms with Gasteiger partial charge >= 0.3 is 0 Å². The molecule has 0 aliphatic carbocycles. The maximum Gasteiger partial charge on any atom is 0.263 e. The van der Waals surface area contributed by atoms with Crippen LogP contribution in [0.15, 0.2) is 41.5 Å². The summed E-state index contributed by atoms with van der Waals surface area (Å²) in [5.41, 5.74) is 1.35. The van der Waals surface area contributed by atoms with E-state index < -0.39 is 0 Å². The topological polar surface area (TPSA) is 41.4 Å². The van der Waals surface area contributed by atoms with E-state index in [2.05, 4.69) is 33.8 Å². The second-order valence-electron chi connectivity index (χ2n) is 6.97. The second-order valence-corrected chi connectivity index (χ2v) is 8.52. The van der Waals surface area contributed by atoms with Crippen LogP contribution in [-0.2, 0) is 19.6 Å². The number of piperazine rings is 1. The van der Waals surface area contributed by atoms with Gasteiger partial charge in [-0.15, -0.1) is 11.3 Å². The van der Waals surface area contributed by atoms with Crippen LogP contribution in [0, 0.1) is 0 Å². The number of aryl methyl sites for hydroxylation is 1. The molecule has 27 heavy (non-hydrogen) atoms. The number of benzene rings is 1. The molecule has 0 saturated carbocycles. The summed E-state index contributed by atoms with van der Waals surface area (Å²) in [4.78, 5) is 24.1. The fourth-order valence-electron chi connectivity index (χ4n) is 3.44. The molecule has 1 saturated heterocycles. The van der Waals surface area contributed by atoms with Gasteiger partial charge in [-0.05, 0) is 30.2 Å². The zero-order chi connectivity index (χ0) is 18.8. The summed E-state index contributed by atoms with van der Waals surface area (Å²) < 4.78 is 1.74. The number of hydrogen-bond donors (Lipinski definition) is 0. The highest BCUT2D eigenvalue weighted by Gasteiger charge is 2.18. The smallest absolute Gasteiger partial charge is 0.263 e. The third-order valence-electron chi connectivity index (χ3n) is 5.05. The van der Waals surface area contributed by atoms with E-state index in [-0.39, 0.29) is 5.56 Å². The van der Waals surface area contributed by atoms with Crippen LogP contribution < -0.4 is 5.56 Å². The van der Waals surface area contributed by atoms with E-state index in [1.165, 1.54) is 10.4 Å². The largest absolute Gasteiger partial charge is 0.297 e. The first-order valence-corrected chi connectivity index (χ1v) is 10.5. The van der Waals surface area contributed by atoms with E-state index in [9.17, 15) is 4.79 Å². The van der Waals surface area contributed by atoms with Crippen LogP contribution in [0.4, 0.5) is 0 Å². The van der Waals surface area contributed by atoms with Crippen molar-refractivity contribution in [2.75, 3.05) is 26.2 Å². The van der Waals surface area contributed by atoms with E-state index in [0.717, 1.165) is 54.4 Å². The van der Waals surface area contributed by atoms with E-state index >= 15 is 0 Å². The number of hydrogen-bond acceptors (Lipinski definition) is 5. The van der Waals surface area contributed by atoms with Crippen molar-refractivity contribution < 1.29 is 0 Å². The summed E-state index contributed by atoms with van der Waals surface area (Å²) >= 11 is 7.57. The standard InChI is InChI=1S/C20H23ClN4OS/c1-2-17-11-18-19(27-17)22-13-25(20(18)26)14-24-9-7-23(8-10-24)12-15-3-5-16(21)6-4-15/h3-6,11,13H,2,7-10,12,14H2,1H3. The van der Waals surface area contributed by atoms with Gasteiger partial charge in [-0.1, -0.05) is 30.7 Å². The lowest BCUT2D eigenvalue weighted by Gasteiger charge is -2.34. The van der Waals surface area contributed by atoms with Crippen molar-refractivity contribution in [1.29, 1.82) is 0 Å². The molecule has 4 rings (SSSR count). The van der Waals surface area contributed by atoms with Crippen LogP contribution >= 0.6 is 22.9 Å². The third kappa shape index (κ3) is 4.24. The fraction of sp³-hybridized carbons (Fsp3) is 0.400. The average molecular weight is 403 g/mol. The SMILES string of the molecule is CCc1cc2c(=O)n(CN3CCN(Cc4ccc(Cl)cc4)CC3)cnc2s1. The Morgan fingerprint density at radius 2 is 1.81 bits per heavy atom. The van der Waals surface area contributed by atoms with Gasteiger partial charge in [0, 0.05) is 42.6 Å².